The second-order valence-electron chi connectivity index (χ2n) is 4.45. The van der Waals surface area contributed by atoms with Crippen LogP contribution in [0.25, 0.3) is 0 Å². The van der Waals surface area contributed by atoms with Crippen LogP contribution in [0.4, 0.5) is 11.4 Å². The largest absolute Gasteiger partial charge is 0.398 e. The molecular formula is C13H16N2O2. The first-order valence-electron chi connectivity index (χ1n) is 5.73. The third-order valence-electron chi connectivity index (χ3n) is 3.18. The van der Waals surface area contributed by atoms with Crippen molar-refractivity contribution in [2.75, 3.05) is 11.1 Å². The van der Waals surface area contributed by atoms with Gasteiger partial charge in [0.25, 0.3) is 0 Å². The minimum atomic E-state index is -0.186. The molecule has 4 nitrogen and oxygen atoms in total. The molecule has 1 amide bonds. The molecule has 0 unspecified atom stereocenters. The summed E-state index contributed by atoms with van der Waals surface area (Å²) in [5, 5.41) is 2.69. The molecule has 0 heterocycles. The lowest BCUT2D eigenvalue weighted by molar-refractivity contribution is -0.114. The molecule has 17 heavy (non-hydrogen) atoms. The lowest BCUT2D eigenvalue weighted by Gasteiger charge is -2.22. The van der Waals surface area contributed by atoms with Crippen LogP contribution >= 0.6 is 0 Å². The molecule has 1 aromatic carbocycles. The number of carbonyl (C=O) groups excluding carboxylic acids is 2. The Hall–Kier alpha value is -1.84. The molecule has 0 spiro atoms. The number of hydrogen-bond acceptors (Lipinski definition) is 3. The Morgan fingerprint density at radius 2 is 2.12 bits per heavy atom. The number of ketones is 1. The Labute approximate surface area is 100 Å². The van der Waals surface area contributed by atoms with Crippen LogP contribution in [0.3, 0.4) is 0 Å². The molecule has 4 heteroatoms. The van der Waals surface area contributed by atoms with E-state index in [0.29, 0.717) is 23.4 Å². The van der Waals surface area contributed by atoms with Crippen LogP contribution < -0.4 is 11.1 Å². The van der Waals surface area contributed by atoms with Gasteiger partial charge in [-0.3, -0.25) is 9.59 Å². The number of nitrogens with one attached hydrogen (secondary N) is 1. The summed E-state index contributed by atoms with van der Waals surface area (Å²) in [7, 11) is 0. The van der Waals surface area contributed by atoms with E-state index in [4.69, 9.17) is 5.73 Å². The quantitative estimate of drug-likeness (QED) is 0.728. The van der Waals surface area contributed by atoms with Crippen molar-refractivity contribution in [2.24, 2.45) is 0 Å². The Kier molecular flexibility index (Phi) is 2.88. The summed E-state index contributed by atoms with van der Waals surface area (Å²) < 4.78 is 0. The van der Waals surface area contributed by atoms with E-state index in [1.54, 1.807) is 6.07 Å². The van der Waals surface area contributed by atoms with E-state index in [1.807, 2.05) is 6.92 Å². The molecule has 1 aliphatic carbocycles. The Morgan fingerprint density at radius 1 is 1.41 bits per heavy atom. The van der Waals surface area contributed by atoms with Crippen molar-refractivity contribution in [1.29, 1.82) is 0 Å². The van der Waals surface area contributed by atoms with Crippen molar-refractivity contribution in [3.8, 4) is 0 Å². The third-order valence-corrected chi connectivity index (χ3v) is 3.18. The average molecular weight is 232 g/mol. The fraction of sp³-hybridized carbons (Fsp3) is 0.385. The van der Waals surface area contributed by atoms with Gasteiger partial charge in [0.05, 0.1) is 5.69 Å². The Morgan fingerprint density at radius 3 is 2.76 bits per heavy atom. The van der Waals surface area contributed by atoms with Gasteiger partial charge in [0.2, 0.25) is 5.91 Å². The third kappa shape index (κ3) is 2.02. The first-order chi connectivity index (χ1) is 8.00. The van der Waals surface area contributed by atoms with Crippen molar-refractivity contribution in [3.05, 3.63) is 22.8 Å². The van der Waals surface area contributed by atoms with Crippen LogP contribution in [0.5, 0.6) is 0 Å². The zero-order chi connectivity index (χ0) is 12.6. The lowest BCUT2D eigenvalue weighted by Crippen LogP contribution is -2.18. The van der Waals surface area contributed by atoms with Gasteiger partial charge in [-0.05, 0) is 37.0 Å². The number of fused-ring (bicyclic) bond motifs is 1. The highest BCUT2D eigenvalue weighted by Gasteiger charge is 2.24. The minimum Gasteiger partial charge on any atom is -0.398 e. The monoisotopic (exact) mass is 232 g/mol. The van der Waals surface area contributed by atoms with Gasteiger partial charge < -0.3 is 11.1 Å². The smallest absolute Gasteiger partial charge is 0.221 e. The fourth-order valence-electron chi connectivity index (χ4n) is 2.33. The van der Waals surface area contributed by atoms with Crippen LogP contribution in [0.15, 0.2) is 6.07 Å². The van der Waals surface area contributed by atoms with Gasteiger partial charge in [0.15, 0.2) is 5.78 Å². The van der Waals surface area contributed by atoms with Gasteiger partial charge >= 0.3 is 0 Å². The number of amides is 1. The van der Waals surface area contributed by atoms with E-state index in [1.165, 1.54) is 6.92 Å². The standard InChI is InChI=1S/C13H16N2O2/c1-7-9-4-3-5-12(17)13(9)11(6-10(7)14)15-8(2)16/h6H,3-5,14H2,1-2H3,(H,15,16). The molecular weight excluding hydrogens is 216 g/mol. The number of nitrogens with two attached hydrogens (primary N) is 1. The maximum atomic E-state index is 12.0. The van der Waals surface area contributed by atoms with Gasteiger partial charge in [-0.1, -0.05) is 0 Å². The Balaban J connectivity index is 2.63. The zero-order valence-corrected chi connectivity index (χ0v) is 10.1. The molecule has 0 bridgehead atoms. The number of Topliss-reactive ketones (excluding diaryl/α,β-unsaturated/α-hetero) is 1. The average Bonchev–Trinajstić information content (AvgIpc) is 2.24. The number of carbonyl (C=O) groups is 2. The molecule has 0 atom stereocenters. The molecule has 0 aliphatic heterocycles. The predicted molar refractivity (Wildman–Crippen MR) is 67.2 cm³/mol. The maximum absolute atomic E-state index is 12.0. The fourth-order valence-corrected chi connectivity index (χ4v) is 2.33. The van der Waals surface area contributed by atoms with E-state index < -0.39 is 0 Å². The molecule has 1 aliphatic rings. The van der Waals surface area contributed by atoms with Gasteiger partial charge in [-0.2, -0.15) is 0 Å². The number of rotatable bonds is 1. The molecule has 0 saturated heterocycles. The highest BCUT2D eigenvalue weighted by Crippen LogP contribution is 2.33. The SMILES string of the molecule is CC(=O)Nc1cc(N)c(C)c2c1C(=O)CCC2. The molecule has 0 radical (unpaired) electrons. The van der Waals surface area contributed by atoms with Crippen LogP contribution in [0, 0.1) is 6.92 Å². The van der Waals surface area contributed by atoms with E-state index in [9.17, 15) is 9.59 Å². The molecule has 90 valence electrons. The van der Waals surface area contributed by atoms with E-state index in [-0.39, 0.29) is 11.7 Å². The maximum Gasteiger partial charge on any atom is 0.221 e. The summed E-state index contributed by atoms with van der Waals surface area (Å²) in [5.74, 6) is -0.0908. The molecule has 3 N–H and O–H groups in total. The molecule has 0 saturated carbocycles. The molecule has 0 fully saturated rings. The topological polar surface area (TPSA) is 72.2 Å². The van der Waals surface area contributed by atoms with Crippen molar-refractivity contribution in [2.45, 2.75) is 33.1 Å². The minimum absolute atomic E-state index is 0.0955. The highest BCUT2D eigenvalue weighted by atomic mass is 16.1. The van der Waals surface area contributed by atoms with Crippen LogP contribution in [0.2, 0.25) is 0 Å². The van der Waals surface area contributed by atoms with Crippen molar-refractivity contribution in [1.82, 2.24) is 0 Å². The zero-order valence-electron chi connectivity index (χ0n) is 10.1. The Bertz CT molecular complexity index is 507. The summed E-state index contributed by atoms with van der Waals surface area (Å²) >= 11 is 0. The molecule has 1 aromatic rings. The van der Waals surface area contributed by atoms with Crippen LogP contribution in [-0.2, 0) is 11.2 Å². The van der Waals surface area contributed by atoms with Crippen molar-refractivity contribution < 1.29 is 9.59 Å². The number of benzene rings is 1. The summed E-state index contributed by atoms with van der Waals surface area (Å²) in [5.41, 5.74) is 9.69. The summed E-state index contributed by atoms with van der Waals surface area (Å²) in [6.07, 6.45) is 2.25. The van der Waals surface area contributed by atoms with Crippen LogP contribution in [-0.4, -0.2) is 11.7 Å². The highest BCUT2D eigenvalue weighted by molar-refractivity contribution is 6.07. The van der Waals surface area contributed by atoms with Gasteiger partial charge in [-0.15, -0.1) is 0 Å². The summed E-state index contributed by atoms with van der Waals surface area (Å²) in [6.45, 7) is 3.35. The van der Waals surface area contributed by atoms with Crippen molar-refractivity contribution >= 4 is 23.1 Å². The van der Waals surface area contributed by atoms with E-state index in [2.05, 4.69) is 5.32 Å². The lowest BCUT2D eigenvalue weighted by atomic mass is 9.85. The van der Waals surface area contributed by atoms with Gasteiger partial charge in [0, 0.05) is 24.6 Å². The van der Waals surface area contributed by atoms with E-state index >= 15 is 0 Å². The summed E-state index contributed by atoms with van der Waals surface area (Å²) in [4.78, 5) is 23.1. The molecule has 0 aromatic heterocycles. The second-order valence-corrected chi connectivity index (χ2v) is 4.45. The van der Waals surface area contributed by atoms with Gasteiger partial charge in [0.1, 0.15) is 0 Å². The van der Waals surface area contributed by atoms with Crippen molar-refractivity contribution in [3.63, 3.8) is 0 Å². The van der Waals surface area contributed by atoms with Crippen LogP contribution in [0.1, 0.15) is 41.3 Å². The number of nitrogen functional groups attached to an aromatic ring is 1. The first kappa shape index (κ1) is 11.6. The second kappa shape index (κ2) is 4.20. The molecule has 2 rings (SSSR count). The first-order valence-corrected chi connectivity index (χ1v) is 5.73. The number of hydrogen-bond donors (Lipinski definition) is 2. The summed E-state index contributed by atoms with van der Waals surface area (Å²) in [6, 6.07) is 1.68. The normalized spacial score (nSPS) is 14.4. The van der Waals surface area contributed by atoms with Gasteiger partial charge in [-0.25, -0.2) is 0 Å². The number of anilines is 2. The van der Waals surface area contributed by atoms with E-state index in [0.717, 1.165) is 24.0 Å². The predicted octanol–water partition coefficient (Wildman–Crippen LogP) is 2.05.